The zero-order valence-corrected chi connectivity index (χ0v) is 9.33. The molecule has 0 saturated carbocycles. The summed E-state index contributed by atoms with van der Waals surface area (Å²) in [5, 5.41) is 9.46. The van der Waals surface area contributed by atoms with Gasteiger partial charge < -0.3 is 20.0 Å². The Morgan fingerprint density at radius 2 is 1.94 bits per heavy atom. The highest BCUT2D eigenvalue weighted by molar-refractivity contribution is 5.73. The number of fused-ring (bicyclic) bond motifs is 1. The van der Waals surface area contributed by atoms with Gasteiger partial charge in [-0.15, -0.1) is 0 Å². The molecule has 0 aliphatic rings. The second kappa shape index (κ2) is 3.96. The van der Waals surface area contributed by atoms with E-state index in [1.54, 1.807) is 18.2 Å². The molecule has 2 aromatic carbocycles. The van der Waals surface area contributed by atoms with E-state index >= 15 is 0 Å². The molecule has 0 aliphatic heterocycles. The molecule has 3 aromatic rings. The standard InChI is InChI=1S/C13H10N2O3/c14-12-9(16)5-3-7-11(12)18-13-15-8-4-1-2-6-10(8)17-13/h1-7,16H,14H2. The number of hydrogen-bond acceptors (Lipinski definition) is 5. The molecular weight excluding hydrogens is 232 g/mol. The molecule has 3 rings (SSSR count). The van der Waals surface area contributed by atoms with E-state index in [2.05, 4.69) is 4.98 Å². The first-order valence-corrected chi connectivity index (χ1v) is 5.35. The van der Waals surface area contributed by atoms with E-state index in [4.69, 9.17) is 14.9 Å². The molecule has 0 unspecified atom stereocenters. The van der Waals surface area contributed by atoms with Crippen molar-refractivity contribution in [1.82, 2.24) is 4.98 Å². The molecule has 0 fully saturated rings. The van der Waals surface area contributed by atoms with Crippen molar-refractivity contribution in [2.45, 2.75) is 0 Å². The largest absolute Gasteiger partial charge is 0.506 e. The molecule has 0 saturated heterocycles. The van der Waals surface area contributed by atoms with Crippen LogP contribution in [0.2, 0.25) is 0 Å². The van der Waals surface area contributed by atoms with Crippen molar-refractivity contribution < 1.29 is 14.3 Å². The highest BCUT2D eigenvalue weighted by atomic mass is 16.6. The summed E-state index contributed by atoms with van der Waals surface area (Å²) in [7, 11) is 0. The van der Waals surface area contributed by atoms with Gasteiger partial charge in [-0.2, -0.15) is 4.98 Å². The number of rotatable bonds is 2. The minimum atomic E-state index is -0.0383. The first kappa shape index (κ1) is 10.5. The number of oxazole rings is 1. The van der Waals surface area contributed by atoms with Crippen molar-refractivity contribution in [3.63, 3.8) is 0 Å². The van der Waals surface area contributed by atoms with E-state index in [0.29, 0.717) is 16.8 Å². The number of phenols is 1. The lowest BCUT2D eigenvalue weighted by molar-refractivity contribution is 0.343. The first-order valence-electron chi connectivity index (χ1n) is 5.35. The molecule has 0 amide bonds. The van der Waals surface area contributed by atoms with Crippen LogP contribution in [0.25, 0.3) is 11.1 Å². The lowest BCUT2D eigenvalue weighted by Crippen LogP contribution is -1.92. The van der Waals surface area contributed by atoms with Gasteiger partial charge in [0.15, 0.2) is 11.3 Å². The summed E-state index contributed by atoms with van der Waals surface area (Å²) in [4.78, 5) is 4.15. The van der Waals surface area contributed by atoms with Gasteiger partial charge in [-0.1, -0.05) is 18.2 Å². The molecule has 1 heterocycles. The number of benzene rings is 2. The van der Waals surface area contributed by atoms with E-state index in [1.165, 1.54) is 6.07 Å². The Morgan fingerprint density at radius 3 is 2.78 bits per heavy atom. The molecule has 1 aromatic heterocycles. The Morgan fingerprint density at radius 1 is 1.11 bits per heavy atom. The molecule has 0 radical (unpaired) electrons. The zero-order valence-electron chi connectivity index (χ0n) is 9.33. The second-order valence-electron chi connectivity index (χ2n) is 3.74. The maximum Gasteiger partial charge on any atom is 0.400 e. The van der Waals surface area contributed by atoms with Crippen LogP contribution in [0.3, 0.4) is 0 Å². The molecule has 0 bridgehead atoms. The third kappa shape index (κ3) is 1.71. The summed E-state index contributed by atoms with van der Waals surface area (Å²) in [6, 6.07) is 12.1. The van der Waals surface area contributed by atoms with Crippen LogP contribution >= 0.6 is 0 Å². The van der Waals surface area contributed by atoms with Gasteiger partial charge in [-0.05, 0) is 24.3 Å². The van der Waals surface area contributed by atoms with Crippen LogP contribution in [-0.4, -0.2) is 10.1 Å². The average molecular weight is 242 g/mol. The number of nitrogen functional groups attached to an aromatic ring is 1. The van der Waals surface area contributed by atoms with Crippen molar-refractivity contribution in [3.05, 3.63) is 42.5 Å². The Bertz CT molecular complexity index is 673. The van der Waals surface area contributed by atoms with E-state index in [0.717, 1.165) is 0 Å². The number of anilines is 1. The van der Waals surface area contributed by atoms with Crippen LogP contribution < -0.4 is 10.5 Å². The number of nitrogens with two attached hydrogens (primary N) is 1. The Balaban J connectivity index is 1.99. The minimum absolute atomic E-state index is 0.0383. The van der Waals surface area contributed by atoms with Crippen LogP contribution in [0.5, 0.6) is 17.6 Å². The normalized spacial score (nSPS) is 10.7. The third-order valence-corrected chi connectivity index (χ3v) is 2.51. The van der Waals surface area contributed by atoms with Crippen molar-refractivity contribution in [3.8, 4) is 17.6 Å². The van der Waals surface area contributed by atoms with Gasteiger partial charge >= 0.3 is 6.08 Å². The first-order chi connectivity index (χ1) is 8.74. The van der Waals surface area contributed by atoms with E-state index < -0.39 is 0 Å². The number of ether oxygens (including phenoxy) is 1. The van der Waals surface area contributed by atoms with Crippen molar-refractivity contribution >= 4 is 16.8 Å². The summed E-state index contributed by atoms with van der Waals surface area (Å²) in [5.74, 6) is 0.269. The molecule has 5 nitrogen and oxygen atoms in total. The zero-order chi connectivity index (χ0) is 12.5. The van der Waals surface area contributed by atoms with E-state index in [1.807, 2.05) is 18.2 Å². The fraction of sp³-hybridized carbons (Fsp3) is 0. The number of hydrogen-bond donors (Lipinski definition) is 2. The van der Waals surface area contributed by atoms with Crippen molar-refractivity contribution in [1.29, 1.82) is 0 Å². The number of aromatic hydroxyl groups is 1. The molecule has 0 atom stereocenters. The van der Waals surface area contributed by atoms with Gasteiger partial charge in [0, 0.05) is 0 Å². The average Bonchev–Trinajstić information content (AvgIpc) is 2.77. The van der Waals surface area contributed by atoms with Crippen LogP contribution in [0.15, 0.2) is 46.9 Å². The van der Waals surface area contributed by atoms with E-state index in [9.17, 15) is 5.11 Å². The smallest absolute Gasteiger partial charge is 0.400 e. The molecule has 90 valence electrons. The predicted molar refractivity (Wildman–Crippen MR) is 66.6 cm³/mol. The molecule has 3 N–H and O–H groups in total. The van der Waals surface area contributed by atoms with Gasteiger partial charge in [0.05, 0.1) is 0 Å². The van der Waals surface area contributed by atoms with Gasteiger partial charge in [-0.3, -0.25) is 0 Å². The fourth-order valence-electron chi connectivity index (χ4n) is 1.61. The van der Waals surface area contributed by atoms with Gasteiger partial charge in [0.2, 0.25) is 0 Å². The highest BCUT2D eigenvalue weighted by Crippen LogP contribution is 2.34. The highest BCUT2D eigenvalue weighted by Gasteiger charge is 2.10. The minimum Gasteiger partial charge on any atom is -0.506 e. The Kier molecular flexibility index (Phi) is 2.30. The van der Waals surface area contributed by atoms with Crippen molar-refractivity contribution in [2.24, 2.45) is 0 Å². The lowest BCUT2D eigenvalue weighted by Gasteiger charge is -2.05. The summed E-state index contributed by atoms with van der Waals surface area (Å²) in [5.41, 5.74) is 7.16. The Hall–Kier alpha value is -2.69. The second-order valence-corrected chi connectivity index (χ2v) is 3.74. The number of phenolic OH excluding ortho intramolecular Hbond substituents is 1. The summed E-state index contributed by atoms with van der Waals surface area (Å²) < 4.78 is 10.8. The monoisotopic (exact) mass is 242 g/mol. The fourth-order valence-corrected chi connectivity index (χ4v) is 1.61. The predicted octanol–water partition coefficient (Wildman–Crippen LogP) is 2.91. The summed E-state index contributed by atoms with van der Waals surface area (Å²) in [6.07, 6.45) is 0.0912. The summed E-state index contributed by atoms with van der Waals surface area (Å²) in [6.45, 7) is 0. The summed E-state index contributed by atoms with van der Waals surface area (Å²) >= 11 is 0. The van der Waals surface area contributed by atoms with E-state index in [-0.39, 0.29) is 17.5 Å². The molecule has 18 heavy (non-hydrogen) atoms. The quantitative estimate of drug-likeness (QED) is 0.533. The third-order valence-electron chi connectivity index (χ3n) is 2.51. The maximum absolute atomic E-state index is 9.46. The van der Waals surface area contributed by atoms with Gasteiger partial charge in [0.1, 0.15) is 17.0 Å². The van der Waals surface area contributed by atoms with Gasteiger partial charge in [-0.25, -0.2) is 0 Å². The lowest BCUT2D eigenvalue weighted by atomic mass is 10.3. The number of nitrogens with zero attached hydrogens (tertiary/aromatic N) is 1. The van der Waals surface area contributed by atoms with Crippen molar-refractivity contribution in [2.75, 3.05) is 5.73 Å². The van der Waals surface area contributed by atoms with Crippen LogP contribution in [0.4, 0.5) is 5.69 Å². The Labute approximate surface area is 102 Å². The molecule has 5 heteroatoms. The van der Waals surface area contributed by atoms with Crippen LogP contribution in [-0.2, 0) is 0 Å². The SMILES string of the molecule is Nc1c(O)cccc1Oc1nc2ccccc2o1. The molecule has 0 aliphatic carbocycles. The topological polar surface area (TPSA) is 81.5 Å². The number of para-hydroxylation sites is 3. The van der Waals surface area contributed by atoms with Crippen LogP contribution in [0, 0.1) is 0 Å². The van der Waals surface area contributed by atoms with Gasteiger partial charge in [0.25, 0.3) is 0 Å². The number of aromatic nitrogens is 1. The molecule has 0 spiro atoms. The maximum atomic E-state index is 9.46. The molecular formula is C13H10N2O3. The van der Waals surface area contributed by atoms with Crippen LogP contribution in [0.1, 0.15) is 0 Å².